The molecule has 3 aromatic rings. The van der Waals surface area contributed by atoms with Gasteiger partial charge in [0.25, 0.3) is 0 Å². The molecule has 27 heavy (non-hydrogen) atoms. The fraction of sp³-hybridized carbons (Fsp3) is 0.333. The maximum atomic E-state index is 12.9. The standard InChI is InChI=1S/C21H22N4OS/c26-20(14-17-15-27-21(24-17)18-10-4-6-12-22-18)25-13-7-5-11-19(25)23-16-8-2-1-3-9-16/h4-7,10-13,15-16H,1-3,8-9,14H2. The van der Waals surface area contributed by atoms with Gasteiger partial charge in [-0.3, -0.25) is 19.3 Å². The molecule has 5 nitrogen and oxygen atoms in total. The zero-order valence-corrected chi connectivity index (χ0v) is 15.9. The Kier molecular flexibility index (Phi) is 5.53. The van der Waals surface area contributed by atoms with E-state index in [0.717, 1.165) is 34.7 Å². The van der Waals surface area contributed by atoms with E-state index in [2.05, 4.69) is 9.97 Å². The topological polar surface area (TPSA) is 60.1 Å². The summed E-state index contributed by atoms with van der Waals surface area (Å²) in [5.74, 6) is -0.0111. The van der Waals surface area contributed by atoms with Gasteiger partial charge in [-0.1, -0.05) is 31.4 Å². The molecule has 138 valence electrons. The Labute approximate surface area is 162 Å². The Morgan fingerprint density at radius 2 is 2.00 bits per heavy atom. The number of thiazole rings is 1. The third-order valence-corrected chi connectivity index (χ3v) is 5.68. The zero-order chi connectivity index (χ0) is 18.5. The summed E-state index contributed by atoms with van der Waals surface area (Å²) in [4.78, 5) is 26.6. The van der Waals surface area contributed by atoms with E-state index in [9.17, 15) is 4.79 Å². The van der Waals surface area contributed by atoms with E-state index in [1.165, 1.54) is 30.6 Å². The van der Waals surface area contributed by atoms with Crippen LogP contribution >= 0.6 is 11.3 Å². The number of hydrogen-bond donors (Lipinski definition) is 0. The Hall–Kier alpha value is -2.60. The van der Waals surface area contributed by atoms with Crippen molar-refractivity contribution in [3.8, 4) is 10.7 Å². The largest absolute Gasteiger partial charge is 0.274 e. The number of aromatic nitrogens is 3. The molecule has 0 spiro atoms. The van der Waals surface area contributed by atoms with Crippen LogP contribution in [0.3, 0.4) is 0 Å². The molecule has 0 atom stereocenters. The van der Waals surface area contributed by atoms with Gasteiger partial charge in [-0.05, 0) is 37.1 Å². The summed E-state index contributed by atoms with van der Waals surface area (Å²) in [6.45, 7) is 0. The predicted molar refractivity (Wildman–Crippen MR) is 107 cm³/mol. The highest BCUT2D eigenvalue weighted by molar-refractivity contribution is 7.13. The minimum Gasteiger partial charge on any atom is -0.274 e. The minimum atomic E-state index is -0.0111. The first-order valence-corrected chi connectivity index (χ1v) is 10.3. The molecular weight excluding hydrogens is 356 g/mol. The third-order valence-electron chi connectivity index (χ3n) is 4.76. The molecule has 1 aliphatic carbocycles. The lowest BCUT2D eigenvalue weighted by Gasteiger charge is -2.17. The van der Waals surface area contributed by atoms with Gasteiger partial charge in [0, 0.05) is 17.8 Å². The van der Waals surface area contributed by atoms with Crippen LogP contribution < -0.4 is 5.49 Å². The summed E-state index contributed by atoms with van der Waals surface area (Å²) in [6.07, 6.45) is 9.78. The van der Waals surface area contributed by atoms with Crippen LogP contribution in [0.2, 0.25) is 0 Å². The molecule has 0 saturated heterocycles. The lowest BCUT2D eigenvalue weighted by molar-refractivity contribution is 0.0907. The predicted octanol–water partition coefficient (Wildman–Crippen LogP) is 4.12. The SMILES string of the molecule is O=C(Cc1csc(-c2ccccn2)n1)n1ccccc1=NC1CCCCC1. The van der Waals surface area contributed by atoms with E-state index >= 15 is 0 Å². The van der Waals surface area contributed by atoms with Gasteiger partial charge in [-0.25, -0.2) is 4.98 Å². The van der Waals surface area contributed by atoms with Crippen molar-refractivity contribution in [1.29, 1.82) is 0 Å². The first-order chi connectivity index (χ1) is 13.3. The summed E-state index contributed by atoms with van der Waals surface area (Å²) in [5.41, 5.74) is 2.35. The molecule has 0 radical (unpaired) electrons. The molecule has 6 heteroatoms. The van der Waals surface area contributed by atoms with Crippen molar-refractivity contribution in [2.45, 2.75) is 44.6 Å². The second-order valence-electron chi connectivity index (χ2n) is 6.78. The number of hydrogen-bond acceptors (Lipinski definition) is 5. The summed E-state index contributed by atoms with van der Waals surface area (Å²) < 4.78 is 1.66. The second-order valence-corrected chi connectivity index (χ2v) is 7.64. The number of pyridine rings is 2. The molecule has 0 bridgehead atoms. The average molecular weight is 379 g/mol. The molecular formula is C21H22N4OS. The normalized spacial score (nSPS) is 15.8. The highest BCUT2D eigenvalue weighted by Gasteiger charge is 2.14. The molecule has 3 aromatic heterocycles. The summed E-state index contributed by atoms with van der Waals surface area (Å²) in [5, 5.41) is 2.77. The van der Waals surface area contributed by atoms with E-state index in [0.29, 0.717) is 6.04 Å². The van der Waals surface area contributed by atoms with E-state index in [1.54, 1.807) is 17.0 Å². The molecule has 3 heterocycles. The van der Waals surface area contributed by atoms with Crippen LogP contribution in [0.1, 0.15) is 42.6 Å². The van der Waals surface area contributed by atoms with Crippen molar-refractivity contribution in [1.82, 2.24) is 14.5 Å². The Morgan fingerprint density at radius 1 is 1.15 bits per heavy atom. The molecule has 0 N–H and O–H groups in total. The highest BCUT2D eigenvalue weighted by Crippen LogP contribution is 2.22. The second kappa shape index (κ2) is 8.39. The fourth-order valence-corrected chi connectivity index (χ4v) is 4.18. The lowest BCUT2D eigenvalue weighted by atomic mass is 9.96. The Balaban J connectivity index is 1.54. The van der Waals surface area contributed by atoms with E-state index < -0.39 is 0 Å². The van der Waals surface area contributed by atoms with Crippen LogP contribution in [0.4, 0.5) is 0 Å². The van der Waals surface area contributed by atoms with Crippen molar-refractivity contribution in [3.63, 3.8) is 0 Å². The maximum absolute atomic E-state index is 12.9. The van der Waals surface area contributed by atoms with Gasteiger partial charge in [0.2, 0.25) is 5.91 Å². The summed E-state index contributed by atoms with van der Waals surface area (Å²) in [7, 11) is 0. The van der Waals surface area contributed by atoms with Crippen LogP contribution in [0.5, 0.6) is 0 Å². The summed E-state index contributed by atoms with van der Waals surface area (Å²) >= 11 is 1.51. The number of nitrogens with zero attached hydrogens (tertiary/aromatic N) is 4. The van der Waals surface area contributed by atoms with Crippen LogP contribution in [-0.2, 0) is 6.42 Å². The van der Waals surface area contributed by atoms with E-state index in [4.69, 9.17) is 4.99 Å². The quantitative estimate of drug-likeness (QED) is 0.686. The Morgan fingerprint density at radius 3 is 2.81 bits per heavy atom. The number of carbonyl (C=O) groups is 1. The van der Waals surface area contributed by atoms with E-state index in [-0.39, 0.29) is 12.3 Å². The first-order valence-electron chi connectivity index (χ1n) is 9.40. The van der Waals surface area contributed by atoms with Crippen LogP contribution in [0.25, 0.3) is 10.7 Å². The lowest BCUT2D eigenvalue weighted by Crippen LogP contribution is -2.29. The van der Waals surface area contributed by atoms with Crippen LogP contribution in [0.15, 0.2) is 59.2 Å². The number of carbonyl (C=O) groups excluding carboxylic acids is 1. The van der Waals surface area contributed by atoms with E-state index in [1.807, 2.05) is 41.8 Å². The van der Waals surface area contributed by atoms with Gasteiger partial charge in [-0.2, -0.15) is 0 Å². The molecule has 0 aromatic carbocycles. The van der Waals surface area contributed by atoms with Crippen molar-refractivity contribution in [2.75, 3.05) is 0 Å². The highest BCUT2D eigenvalue weighted by atomic mass is 32.1. The molecule has 1 aliphatic rings. The van der Waals surface area contributed by atoms with Crippen molar-refractivity contribution >= 4 is 17.2 Å². The van der Waals surface area contributed by atoms with Gasteiger partial charge in [0.15, 0.2) is 0 Å². The zero-order valence-electron chi connectivity index (χ0n) is 15.1. The van der Waals surface area contributed by atoms with Gasteiger partial charge < -0.3 is 0 Å². The Bertz CT molecular complexity index is 971. The number of rotatable bonds is 4. The van der Waals surface area contributed by atoms with Crippen LogP contribution in [-0.4, -0.2) is 26.5 Å². The first kappa shape index (κ1) is 17.8. The van der Waals surface area contributed by atoms with Crippen LogP contribution in [0, 0.1) is 0 Å². The molecule has 4 rings (SSSR count). The molecule has 1 fully saturated rings. The monoisotopic (exact) mass is 378 g/mol. The van der Waals surface area contributed by atoms with Gasteiger partial charge >= 0.3 is 0 Å². The average Bonchev–Trinajstić information content (AvgIpc) is 3.18. The molecule has 0 amide bonds. The molecule has 0 aliphatic heterocycles. The van der Waals surface area contributed by atoms with Crippen molar-refractivity contribution < 1.29 is 4.79 Å². The minimum absolute atomic E-state index is 0.0111. The molecule has 1 saturated carbocycles. The molecule has 0 unspecified atom stereocenters. The summed E-state index contributed by atoms with van der Waals surface area (Å²) in [6, 6.07) is 11.8. The van der Waals surface area contributed by atoms with Gasteiger partial charge in [0.05, 0.1) is 23.9 Å². The van der Waals surface area contributed by atoms with Crippen molar-refractivity contribution in [2.24, 2.45) is 4.99 Å². The van der Waals surface area contributed by atoms with Gasteiger partial charge in [-0.15, -0.1) is 11.3 Å². The maximum Gasteiger partial charge on any atom is 0.238 e. The smallest absolute Gasteiger partial charge is 0.238 e. The fourth-order valence-electron chi connectivity index (χ4n) is 3.38. The van der Waals surface area contributed by atoms with Gasteiger partial charge in [0.1, 0.15) is 10.5 Å². The van der Waals surface area contributed by atoms with Crippen molar-refractivity contribution in [3.05, 3.63) is 65.4 Å². The third kappa shape index (κ3) is 4.39.